The van der Waals surface area contributed by atoms with Crippen LogP contribution in [0.2, 0.25) is 0 Å². The van der Waals surface area contributed by atoms with E-state index in [1.165, 1.54) is 0 Å². The number of ether oxygens (including phenoxy) is 1. The molecule has 2 fully saturated rings. The summed E-state index contributed by atoms with van der Waals surface area (Å²) in [7, 11) is 0. The predicted molar refractivity (Wildman–Crippen MR) is 79.3 cm³/mol. The Hall–Kier alpha value is -1.85. The maximum absolute atomic E-state index is 12.2. The second-order valence-corrected chi connectivity index (χ2v) is 6.16. The quantitative estimate of drug-likeness (QED) is 0.818. The standard InChI is InChI=1S/C15H22N4O2/c1-11(2)10-21-14-8-16-7-13(17-14)18-5-6-19(12-3-4-12)15(20)9-18/h7-8,11-12H,3-6,9-10H2,1-2H3. The lowest BCUT2D eigenvalue weighted by Crippen LogP contribution is -2.51. The summed E-state index contributed by atoms with van der Waals surface area (Å²) in [6, 6.07) is 0.492. The molecule has 0 N–H and O–H groups in total. The van der Waals surface area contributed by atoms with Crippen LogP contribution in [0.5, 0.6) is 5.88 Å². The highest BCUT2D eigenvalue weighted by Crippen LogP contribution is 2.28. The monoisotopic (exact) mass is 290 g/mol. The Labute approximate surface area is 125 Å². The molecular formula is C15H22N4O2. The smallest absolute Gasteiger partial charge is 0.242 e. The number of carbonyl (C=O) groups excluding carboxylic acids is 1. The zero-order chi connectivity index (χ0) is 14.8. The van der Waals surface area contributed by atoms with Crippen molar-refractivity contribution in [3.8, 4) is 5.88 Å². The minimum atomic E-state index is 0.194. The molecule has 6 nitrogen and oxygen atoms in total. The summed E-state index contributed by atoms with van der Waals surface area (Å²) in [6.07, 6.45) is 5.63. The van der Waals surface area contributed by atoms with Gasteiger partial charge in [0.2, 0.25) is 11.8 Å². The molecule has 6 heteroatoms. The molecule has 1 aromatic rings. The van der Waals surface area contributed by atoms with Crippen LogP contribution in [0.15, 0.2) is 12.4 Å². The first kappa shape index (κ1) is 14.1. The fraction of sp³-hybridized carbons (Fsp3) is 0.667. The largest absolute Gasteiger partial charge is 0.476 e. The minimum absolute atomic E-state index is 0.194. The van der Waals surface area contributed by atoms with E-state index in [-0.39, 0.29) is 5.91 Å². The van der Waals surface area contributed by atoms with Crippen molar-refractivity contribution in [2.75, 3.05) is 31.1 Å². The van der Waals surface area contributed by atoms with Gasteiger partial charge in [-0.05, 0) is 18.8 Å². The van der Waals surface area contributed by atoms with Crippen LogP contribution in [0.3, 0.4) is 0 Å². The topological polar surface area (TPSA) is 58.6 Å². The van der Waals surface area contributed by atoms with Gasteiger partial charge in [0.15, 0.2) is 5.82 Å². The summed E-state index contributed by atoms with van der Waals surface area (Å²) in [5, 5.41) is 0. The molecule has 2 aliphatic rings. The molecule has 114 valence electrons. The lowest BCUT2D eigenvalue weighted by atomic mass is 10.2. The van der Waals surface area contributed by atoms with E-state index in [9.17, 15) is 4.79 Å². The zero-order valence-corrected chi connectivity index (χ0v) is 12.7. The lowest BCUT2D eigenvalue weighted by Gasteiger charge is -2.34. The average Bonchev–Trinajstić information content (AvgIpc) is 3.30. The number of piperazine rings is 1. The fourth-order valence-electron chi connectivity index (χ4n) is 2.47. The Morgan fingerprint density at radius 1 is 1.33 bits per heavy atom. The second kappa shape index (κ2) is 5.87. The number of nitrogens with zero attached hydrogens (tertiary/aromatic N) is 4. The van der Waals surface area contributed by atoms with Crippen LogP contribution in [0, 0.1) is 5.92 Å². The normalized spacial score (nSPS) is 19.3. The first-order chi connectivity index (χ1) is 10.1. The predicted octanol–water partition coefficient (Wildman–Crippen LogP) is 1.32. The van der Waals surface area contributed by atoms with Gasteiger partial charge >= 0.3 is 0 Å². The Kier molecular flexibility index (Phi) is 3.94. The third-order valence-corrected chi connectivity index (χ3v) is 3.73. The highest BCUT2D eigenvalue weighted by atomic mass is 16.5. The van der Waals surface area contributed by atoms with Crippen LogP contribution in [0.4, 0.5) is 5.82 Å². The summed E-state index contributed by atoms with van der Waals surface area (Å²) >= 11 is 0. The van der Waals surface area contributed by atoms with E-state index in [0.29, 0.717) is 31.0 Å². The third kappa shape index (κ3) is 3.43. The molecule has 21 heavy (non-hydrogen) atoms. The number of rotatable bonds is 5. The van der Waals surface area contributed by atoms with E-state index < -0.39 is 0 Å². The van der Waals surface area contributed by atoms with Crippen LogP contribution < -0.4 is 9.64 Å². The van der Waals surface area contributed by atoms with Gasteiger partial charge in [0.05, 0.1) is 25.5 Å². The SMILES string of the molecule is CC(C)COc1cncc(N2CCN(C3CC3)C(=O)C2)n1. The van der Waals surface area contributed by atoms with Crippen molar-refractivity contribution >= 4 is 11.7 Å². The molecule has 0 bridgehead atoms. The Morgan fingerprint density at radius 2 is 2.14 bits per heavy atom. The highest BCUT2D eigenvalue weighted by molar-refractivity contribution is 5.83. The molecule has 2 heterocycles. The van der Waals surface area contributed by atoms with E-state index in [1.54, 1.807) is 12.4 Å². The van der Waals surface area contributed by atoms with E-state index >= 15 is 0 Å². The van der Waals surface area contributed by atoms with E-state index in [0.717, 1.165) is 31.7 Å². The van der Waals surface area contributed by atoms with E-state index in [1.807, 2.05) is 9.80 Å². The molecule has 1 saturated carbocycles. The van der Waals surface area contributed by atoms with Gasteiger partial charge in [-0.3, -0.25) is 9.78 Å². The van der Waals surface area contributed by atoms with Crippen molar-refractivity contribution in [3.63, 3.8) is 0 Å². The van der Waals surface area contributed by atoms with Gasteiger partial charge in [-0.15, -0.1) is 0 Å². The second-order valence-electron chi connectivity index (χ2n) is 6.16. The third-order valence-electron chi connectivity index (χ3n) is 3.73. The molecule has 0 unspecified atom stereocenters. The van der Waals surface area contributed by atoms with Gasteiger partial charge < -0.3 is 14.5 Å². The van der Waals surface area contributed by atoms with Crippen molar-refractivity contribution in [1.82, 2.24) is 14.9 Å². The van der Waals surface area contributed by atoms with E-state index in [2.05, 4.69) is 23.8 Å². The van der Waals surface area contributed by atoms with Crippen LogP contribution >= 0.6 is 0 Å². The molecule has 3 rings (SSSR count). The molecule has 1 aliphatic heterocycles. The number of anilines is 1. The summed E-state index contributed by atoms with van der Waals surface area (Å²) in [6.45, 7) is 6.78. The van der Waals surface area contributed by atoms with Crippen molar-refractivity contribution in [1.29, 1.82) is 0 Å². The van der Waals surface area contributed by atoms with Gasteiger partial charge in [0, 0.05) is 19.1 Å². The molecule has 0 spiro atoms. The number of amides is 1. The van der Waals surface area contributed by atoms with Crippen molar-refractivity contribution < 1.29 is 9.53 Å². The molecule has 0 radical (unpaired) electrons. The van der Waals surface area contributed by atoms with Gasteiger partial charge in [-0.25, -0.2) is 0 Å². The van der Waals surface area contributed by atoms with Gasteiger partial charge in [0.25, 0.3) is 0 Å². The van der Waals surface area contributed by atoms with Gasteiger partial charge in [-0.2, -0.15) is 4.98 Å². The summed E-state index contributed by atoms with van der Waals surface area (Å²) in [5.41, 5.74) is 0. The maximum Gasteiger partial charge on any atom is 0.242 e. The molecule has 1 aliphatic carbocycles. The van der Waals surface area contributed by atoms with Crippen LogP contribution in [0.1, 0.15) is 26.7 Å². The number of hydrogen-bond donors (Lipinski definition) is 0. The van der Waals surface area contributed by atoms with Gasteiger partial charge in [-0.1, -0.05) is 13.8 Å². The fourth-order valence-corrected chi connectivity index (χ4v) is 2.47. The molecular weight excluding hydrogens is 268 g/mol. The first-order valence-corrected chi connectivity index (χ1v) is 7.62. The molecule has 1 amide bonds. The highest BCUT2D eigenvalue weighted by Gasteiger charge is 2.36. The molecule has 0 aromatic carbocycles. The maximum atomic E-state index is 12.2. The number of carbonyl (C=O) groups is 1. The number of hydrogen-bond acceptors (Lipinski definition) is 5. The lowest BCUT2D eigenvalue weighted by molar-refractivity contribution is -0.131. The molecule has 1 saturated heterocycles. The zero-order valence-electron chi connectivity index (χ0n) is 12.7. The van der Waals surface area contributed by atoms with Crippen LogP contribution in [-0.2, 0) is 4.79 Å². The average molecular weight is 290 g/mol. The van der Waals surface area contributed by atoms with Crippen LogP contribution in [0.25, 0.3) is 0 Å². The van der Waals surface area contributed by atoms with Crippen molar-refractivity contribution in [3.05, 3.63) is 12.4 Å². The number of aromatic nitrogens is 2. The Morgan fingerprint density at radius 3 is 2.81 bits per heavy atom. The molecule has 0 atom stereocenters. The Balaban J connectivity index is 1.63. The van der Waals surface area contributed by atoms with Crippen molar-refractivity contribution in [2.45, 2.75) is 32.7 Å². The summed E-state index contributed by atoms with van der Waals surface area (Å²) in [5.74, 6) is 1.89. The van der Waals surface area contributed by atoms with Gasteiger partial charge in [0.1, 0.15) is 0 Å². The van der Waals surface area contributed by atoms with E-state index in [4.69, 9.17) is 4.74 Å². The molecule has 1 aromatic heterocycles. The Bertz CT molecular complexity index is 516. The summed E-state index contributed by atoms with van der Waals surface area (Å²) < 4.78 is 5.60. The van der Waals surface area contributed by atoms with Crippen LogP contribution in [-0.4, -0.2) is 53.1 Å². The minimum Gasteiger partial charge on any atom is -0.476 e. The first-order valence-electron chi connectivity index (χ1n) is 7.62. The van der Waals surface area contributed by atoms with Crippen molar-refractivity contribution in [2.24, 2.45) is 5.92 Å². The summed E-state index contributed by atoms with van der Waals surface area (Å²) in [4.78, 5) is 24.8.